The standard InChI is InChI=1S/C16H16BrF2NO/c1-10-8-12(6-7-14(10)21-15(18)19)16(2,20)11-4-3-5-13(17)9-11/h3-9,15H,20H2,1-2H3. The molecule has 0 heterocycles. The highest BCUT2D eigenvalue weighted by atomic mass is 79.9. The smallest absolute Gasteiger partial charge is 0.387 e. The van der Waals surface area contributed by atoms with Crippen molar-refractivity contribution in [2.75, 3.05) is 0 Å². The van der Waals surface area contributed by atoms with Crippen LogP contribution in [-0.2, 0) is 5.54 Å². The molecule has 0 amide bonds. The van der Waals surface area contributed by atoms with Crippen molar-refractivity contribution in [1.29, 1.82) is 0 Å². The zero-order valence-corrected chi connectivity index (χ0v) is 13.3. The van der Waals surface area contributed by atoms with Gasteiger partial charge in [-0.25, -0.2) is 0 Å². The van der Waals surface area contributed by atoms with Crippen LogP contribution < -0.4 is 10.5 Å². The summed E-state index contributed by atoms with van der Waals surface area (Å²) in [4.78, 5) is 0. The summed E-state index contributed by atoms with van der Waals surface area (Å²) in [7, 11) is 0. The van der Waals surface area contributed by atoms with Crippen LogP contribution in [0.2, 0.25) is 0 Å². The lowest BCUT2D eigenvalue weighted by Gasteiger charge is -2.27. The minimum atomic E-state index is -2.83. The Labute approximate surface area is 131 Å². The van der Waals surface area contributed by atoms with E-state index in [1.54, 1.807) is 19.1 Å². The predicted molar refractivity (Wildman–Crippen MR) is 82.6 cm³/mol. The summed E-state index contributed by atoms with van der Waals surface area (Å²) >= 11 is 3.42. The third kappa shape index (κ3) is 3.60. The second-order valence-corrected chi connectivity index (χ2v) is 5.99. The van der Waals surface area contributed by atoms with Crippen molar-refractivity contribution in [2.24, 2.45) is 5.73 Å². The monoisotopic (exact) mass is 355 g/mol. The van der Waals surface area contributed by atoms with Crippen LogP contribution in [0.25, 0.3) is 0 Å². The fourth-order valence-corrected chi connectivity index (χ4v) is 2.58. The zero-order valence-electron chi connectivity index (χ0n) is 11.7. The van der Waals surface area contributed by atoms with Gasteiger partial charge < -0.3 is 10.5 Å². The Kier molecular flexibility index (Phi) is 4.64. The first-order chi connectivity index (χ1) is 9.80. The number of hydrogen-bond donors (Lipinski definition) is 1. The lowest BCUT2D eigenvalue weighted by Crippen LogP contribution is -2.34. The van der Waals surface area contributed by atoms with Crippen LogP contribution >= 0.6 is 15.9 Å². The van der Waals surface area contributed by atoms with E-state index in [2.05, 4.69) is 20.7 Å². The van der Waals surface area contributed by atoms with Gasteiger partial charge in [-0.1, -0.05) is 40.2 Å². The topological polar surface area (TPSA) is 35.2 Å². The van der Waals surface area contributed by atoms with Crippen LogP contribution in [-0.4, -0.2) is 6.61 Å². The van der Waals surface area contributed by atoms with E-state index in [0.29, 0.717) is 5.56 Å². The number of rotatable bonds is 4. The molecule has 0 saturated heterocycles. The molecule has 0 aliphatic heterocycles. The largest absolute Gasteiger partial charge is 0.435 e. The molecule has 2 aromatic carbocycles. The molecule has 0 saturated carbocycles. The Hall–Kier alpha value is -1.46. The Morgan fingerprint density at radius 2 is 1.81 bits per heavy atom. The van der Waals surface area contributed by atoms with Gasteiger partial charge >= 0.3 is 6.61 Å². The van der Waals surface area contributed by atoms with Gasteiger partial charge in [0.2, 0.25) is 0 Å². The molecule has 5 heteroatoms. The van der Waals surface area contributed by atoms with E-state index in [1.807, 2.05) is 31.2 Å². The van der Waals surface area contributed by atoms with Crippen LogP contribution in [0.1, 0.15) is 23.6 Å². The number of aryl methyl sites for hydroxylation is 1. The molecule has 1 atom stereocenters. The first-order valence-corrected chi connectivity index (χ1v) is 7.21. The third-order valence-corrected chi connectivity index (χ3v) is 3.91. The summed E-state index contributed by atoms with van der Waals surface area (Å²) < 4.78 is 30.0. The van der Waals surface area contributed by atoms with Gasteiger partial charge in [0, 0.05) is 4.47 Å². The van der Waals surface area contributed by atoms with Crippen molar-refractivity contribution in [3.63, 3.8) is 0 Å². The summed E-state index contributed by atoms with van der Waals surface area (Å²) in [5, 5.41) is 0. The van der Waals surface area contributed by atoms with Crippen molar-refractivity contribution in [1.82, 2.24) is 0 Å². The van der Waals surface area contributed by atoms with Crippen LogP contribution in [0.4, 0.5) is 8.78 Å². The van der Waals surface area contributed by atoms with Gasteiger partial charge in [0.15, 0.2) is 0 Å². The van der Waals surface area contributed by atoms with Gasteiger partial charge in [-0.05, 0) is 48.7 Å². The highest BCUT2D eigenvalue weighted by Crippen LogP contribution is 2.31. The summed E-state index contributed by atoms with van der Waals surface area (Å²) in [5.74, 6) is 0.166. The van der Waals surface area contributed by atoms with Gasteiger partial charge in [-0.15, -0.1) is 0 Å². The van der Waals surface area contributed by atoms with Crippen molar-refractivity contribution in [3.8, 4) is 5.75 Å². The summed E-state index contributed by atoms with van der Waals surface area (Å²) in [5.41, 5.74) is 8.10. The molecule has 0 radical (unpaired) electrons. The first kappa shape index (κ1) is 15.9. The fourth-order valence-electron chi connectivity index (χ4n) is 2.18. The van der Waals surface area contributed by atoms with Gasteiger partial charge in [-0.3, -0.25) is 0 Å². The lowest BCUT2D eigenvalue weighted by atomic mass is 9.85. The maximum absolute atomic E-state index is 12.3. The highest BCUT2D eigenvalue weighted by molar-refractivity contribution is 9.10. The van der Waals surface area contributed by atoms with E-state index in [-0.39, 0.29) is 5.75 Å². The predicted octanol–water partition coefficient (Wildman–Crippen LogP) is 4.58. The van der Waals surface area contributed by atoms with Crippen molar-refractivity contribution in [2.45, 2.75) is 26.0 Å². The molecule has 21 heavy (non-hydrogen) atoms. The molecule has 1 unspecified atom stereocenters. The van der Waals surface area contributed by atoms with Gasteiger partial charge in [0.1, 0.15) is 5.75 Å². The number of alkyl halides is 2. The maximum Gasteiger partial charge on any atom is 0.387 e. The Morgan fingerprint density at radius 3 is 2.38 bits per heavy atom. The lowest BCUT2D eigenvalue weighted by molar-refractivity contribution is -0.0503. The normalized spacial score (nSPS) is 14.0. The third-order valence-electron chi connectivity index (χ3n) is 3.41. The van der Waals surface area contributed by atoms with E-state index in [9.17, 15) is 8.78 Å². The molecule has 0 aliphatic rings. The van der Waals surface area contributed by atoms with Crippen LogP contribution in [0.15, 0.2) is 46.9 Å². The molecule has 0 bridgehead atoms. The zero-order chi connectivity index (χ0) is 15.6. The molecule has 0 aliphatic carbocycles. The summed E-state index contributed by atoms with van der Waals surface area (Å²) in [6, 6.07) is 12.7. The molecular formula is C16H16BrF2NO. The van der Waals surface area contributed by atoms with Crippen molar-refractivity contribution in [3.05, 3.63) is 63.6 Å². The highest BCUT2D eigenvalue weighted by Gasteiger charge is 2.24. The number of halogens is 3. The first-order valence-electron chi connectivity index (χ1n) is 6.41. The Morgan fingerprint density at radius 1 is 1.14 bits per heavy atom. The number of benzene rings is 2. The molecule has 2 aromatic rings. The number of hydrogen-bond acceptors (Lipinski definition) is 2. The van der Waals surface area contributed by atoms with Crippen LogP contribution in [0, 0.1) is 6.92 Å². The van der Waals surface area contributed by atoms with E-state index in [4.69, 9.17) is 5.73 Å². The van der Waals surface area contributed by atoms with E-state index >= 15 is 0 Å². The van der Waals surface area contributed by atoms with Crippen molar-refractivity contribution < 1.29 is 13.5 Å². The van der Waals surface area contributed by atoms with E-state index in [1.165, 1.54) is 6.07 Å². The van der Waals surface area contributed by atoms with Crippen LogP contribution in [0.3, 0.4) is 0 Å². The molecule has 112 valence electrons. The molecule has 0 spiro atoms. The fraction of sp³-hybridized carbons (Fsp3) is 0.250. The SMILES string of the molecule is Cc1cc(C(C)(N)c2cccc(Br)c2)ccc1OC(F)F. The van der Waals surface area contributed by atoms with Crippen molar-refractivity contribution >= 4 is 15.9 Å². The minimum absolute atomic E-state index is 0.166. The molecule has 2 N–H and O–H groups in total. The number of nitrogens with two attached hydrogens (primary N) is 1. The summed E-state index contributed by atoms with van der Waals surface area (Å²) in [6.07, 6.45) is 0. The van der Waals surface area contributed by atoms with E-state index < -0.39 is 12.2 Å². The Bertz CT molecular complexity index is 644. The average Bonchev–Trinajstić information content (AvgIpc) is 2.40. The molecule has 2 rings (SSSR count). The second kappa shape index (κ2) is 6.12. The average molecular weight is 356 g/mol. The Balaban J connectivity index is 2.39. The molecule has 0 fully saturated rings. The molecular weight excluding hydrogens is 340 g/mol. The molecule has 2 nitrogen and oxygen atoms in total. The molecule has 0 aromatic heterocycles. The second-order valence-electron chi connectivity index (χ2n) is 5.07. The van der Waals surface area contributed by atoms with Gasteiger partial charge in [-0.2, -0.15) is 8.78 Å². The number of ether oxygens (including phenoxy) is 1. The van der Waals surface area contributed by atoms with Gasteiger partial charge in [0.25, 0.3) is 0 Å². The maximum atomic E-state index is 12.3. The van der Waals surface area contributed by atoms with Gasteiger partial charge in [0.05, 0.1) is 5.54 Å². The quantitative estimate of drug-likeness (QED) is 0.870. The van der Waals surface area contributed by atoms with Crippen LogP contribution in [0.5, 0.6) is 5.75 Å². The summed E-state index contributed by atoms with van der Waals surface area (Å²) in [6.45, 7) is 0.777. The van der Waals surface area contributed by atoms with E-state index in [0.717, 1.165) is 15.6 Å². The minimum Gasteiger partial charge on any atom is -0.435 e.